The van der Waals surface area contributed by atoms with Crippen molar-refractivity contribution in [1.82, 2.24) is 9.88 Å². The minimum absolute atomic E-state index is 0.0907. The molecule has 0 radical (unpaired) electrons. The standard InChI is InChI=1S/C15H22N2O3/c1-12-3-2-4-13(16-12)11-17-8-5-14(6-9-17)20-10-7-15(18)19/h2-4,14H,5-11H2,1H3,(H,18,19). The van der Waals surface area contributed by atoms with Crippen LogP contribution in [0, 0.1) is 6.92 Å². The predicted octanol–water partition coefficient (Wildman–Crippen LogP) is 1.85. The second-order valence-electron chi connectivity index (χ2n) is 5.26. The van der Waals surface area contributed by atoms with Gasteiger partial charge in [-0.2, -0.15) is 0 Å². The van der Waals surface area contributed by atoms with Crippen LogP contribution >= 0.6 is 0 Å². The van der Waals surface area contributed by atoms with Gasteiger partial charge in [0.2, 0.25) is 0 Å². The Labute approximate surface area is 119 Å². The molecule has 0 aliphatic carbocycles. The summed E-state index contributed by atoms with van der Waals surface area (Å²) in [5, 5.41) is 8.58. The Morgan fingerprint density at radius 2 is 2.20 bits per heavy atom. The summed E-state index contributed by atoms with van der Waals surface area (Å²) in [6.07, 6.45) is 2.22. The normalized spacial score (nSPS) is 17.2. The summed E-state index contributed by atoms with van der Waals surface area (Å²) in [4.78, 5) is 17.3. The summed E-state index contributed by atoms with van der Waals surface area (Å²) in [6, 6.07) is 6.11. The van der Waals surface area contributed by atoms with E-state index in [0.29, 0.717) is 6.61 Å². The lowest BCUT2D eigenvalue weighted by molar-refractivity contribution is -0.138. The Morgan fingerprint density at radius 1 is 1.45 bits per heavy atom. The van der Waals surface area contributed by atoms with Gasteiger partial charge in [0.05, 0.1) is 24.8 Å². The maximum Gasteiger partial charge on any atom is 0.305 e. The van der Waals surface area contributed by atoms with Gasteiger partial charge in [0.1, 0.15) is 0 Å². The third-order valence-electron chi connectivity index (χ3n) is 3.54. The number of piperidine rings is 1. The number of ether oxygens (including phenoxy) is 1. The van der Waals surface area contributed by atoms with Gasteiger partial charge in [0.15, 0.2) is 0 Å². The SMILES string of the molecule is Cc1cccc(CN2CCC(OCCC(=O)O)CC2)n1. The van der Waals surface area contributed by atoms with Gasteiger partial charge in [-0.15, -0.1) is 0 Å². The van der Waals surface area contributed by atoms with Crippen LogP contribution in [-0.4, -0.2) is 46.8 Å². The smallest absolute Gasteiger partial charge is 0.305 e. The Hall–Kier alpha value is -1.46. The fraction of sp³-hybridized carbons (Fsp3) is 0.600. The van der Waals surface area contributed by atoms with Gasteiger partial charge < -0.3 is 9.84 Å². The molecule has 1 N–H and O–H groups in total. The zero-order valence-corrected chi connectivity index (χ0v) is 11.9. The minimum atomic E-state index is -0.798. The summed E-state index contributed by atoms with van der Waals surface area (Å²) < 4.78 is 5.59. The number of pyridine rings is 1. The molecule has 1 aliphatic rings. The third-order valence-corrected chi connectivity index (χ3v) is 3.54. The summed E-state index contributed by atoms with van der Waals surface area (Å²) in [6.45, 7) is 5.16. The first-order chi connectivity index (χ1) is 9.63. The average Bonchev–Trinajstić information content (AvgIpc) is 2.40. The van der Waals surface area contributed by atoms with Crippen LogP contribution in [0.3, 0.4) is 0 Å². The van der Waals surface area contributed by atoms with Crippen molar-refractivity contribution < 1.29 is 14.6 Å². The molecule has 1 aromatic rings. The van der Waals surface area contributed by atoms with E-state index in [-0.39, 0.29) is 12.5 Å². The molecule has 1 aliphatic heterocycles. The molecule has 0 spiro atoms. The van der Waals surface area contributed by atoms with Gasteiger partial charge >= 0.3 is 5.97 Å². The van der Waals surface area contributed by atoms with E-state index in [1.54, 1.807) is 0 Å². The first-order valence-corrected chi connectivity index (χ1v) is 7.12. The number of aromatic nitrogens is 1. The van der Waals surface area contributed by atoms with Crippen molar-refractivity contribution >= 4 is 5.97 Å². The summed E-state index contributed by atoms with van der Waals surface area (Å²) in [7, 11) is 0. The van der Waals surface area contributed by atoms with Gasteiger partial charge in [0.25, 0.3) is 0 Å². The van der Waals surface area contributed by atoms with E-state index in [9.17, 15) is 4.79 Å². The molecule has 0 atom stereocenters. The van der Waals surface area contributed by atoms with E-state index in [2.05, 4.69) is 16.0 Å². The van der Waals surface area contributed by atoms with Crippen LogP contribution < -0.4 is 0 Å². The lowest BCUT2D eigenvalue weighted by Crippen LogP contribution is -2.37. The Kier molecular flexibility index (Phi) is 5.49. The van der Waals surface area contributed by atoms with Crippen molar-refractivity contribution in [1.29, 1.82) is 0 Å². The number of rotatable bonds is 6. The van der Waals surface area contributed by atoms with Gasteiger partial charge in [-0.25, -0.2) is 0 Å². The van der Waals surface area contributed by atoms with Crippen molar-refractivity contribution in [3.8, 4) is 0 Å². The topological polar surface area (TPSA) is 62.7 Å². The predicted molar refractivity (Wildman–Crippen MR) is 75.5 cm³/mol. The van der Waals surface area contributed by atoms with Crippen molar-refractivity contribution in [2.45, 2.75) is 38.8 Å². The van der Waals surface area contributed by atoms with Crippen LogP contribution in [0.4, 0.5) is 0 Å². The third kappa shape index (κ3) is 4.90. The van der Waals surface area contributed by atoms with Crippen LogP contribution in [0.5, 0.6) is 0 Å². The summed E-state index contributed by atoms with van der Waals surface area (Å²) >= 11 is 0. The molecule has 0 aromatic carbocycles. The fourth-order valence-electron chi connectivity index (χ4n) is 2.46. The molecule has 1 fully saturated rings. The van der Waals surface area contributed by atoms with E-state index in [1.165, 1.54) is 0 Å². The molecule has 0 unspecified atom stereocenters. The Morgan fingerprint density at radius 3 is 2.85 bits per heavy atom. The zero-order chi connectivity index (χ0) is 14.4. The number of hydrogen-bond acceptors (Lipinski definition) is 4. The van der Waals surface area contributed by atoms with E-state index in [4.69, 9.17) is 9.84 Å². The second-order valence-corrected chi connectivity index (χ2v) is 5.26. The van der Waals surface area contributed by atoms with Gasteiger partial charge in [-0.1, -0.05) is 6.07 Å². The number of nitrogens with zero attached hydrogens (tertiary/aromatic N) is 2. The molecule has 5 heteroatoms. The van der Waals surface area contributed by atoms with Crippen LogP contribution in [0.15, 0.2) is 18.2 Å². The van der Waals surface area contributed by atoms with E-state index >= 15 is 0 Å². The first-order valence-electron chi connectivity index (χ1n) is 7.12. The molecule has 1 aromatic heterocycles. The summed E-state index contributed by atoms with van der Waals surface area (Å²) in [5.41, 5.74) is 2.16. The highest BCUT2D eigenvalue weighted by molar-refractivity contribution is 5.66. The number of carbonyl (C=O) groups is 1. The molecule has 20 heavy (non-hydrogen) atoms. The number of likely N-dealkylation sites (tertiary alicyclic amines) is 1. The van der Waals surface area contributed by atoms with Gasteiger partial charge in [0, 0.05) is 25.3 Å². The highest BCUT2D eigenvalue weighted by Crippen LogP contribution is 2.16. The highest BCUT2D eigenvalue weighted by atomic mass is 16.5. The van der Waals surface area contributed by atoms with E-state index in [1.807, 2.05) is 19.1 Å². The fourth-order valence-corrected chi connectivity index (χ4v) is 2.46. The highest BCUT2D eigenvalue weighted by Gasteiger charge is 2.20. The number of carboxylic acid groups (broad SMARTS) is 1. The summed E-state index contributed by atoms with van der Waals surface area (Å²) in [5.74, 6) is -0.798. The minimum Gasteiger partial charge on any atom is -0.481 e. The maximum absolute atomic E-state index is 10.4. The van der Waals surface area contributed by atoms with Crippen LogP contribution in [0.2, 0.25) is 0 Å². The lowest BCUT2D eigenvalue weighted by Gasteiger charge is -2.31. The number of carboxylic acids is 1. The van der Waals surface area contributed by atoms with Crippen molar-refractivity contribution in [3.63, 3.8) is 0 Å². The molecule has 5 nitrogen and oxygen atoms in total. The molecular weight excluding hydrogens is 256 g/mol. The van der Waals surface area contributed by atoms with Crippen molar-refractivity contribution in [2.24, 2.45) is 0 Å². The van der Waals surface area contributed by atoms with Crippen molar-refractivity contribution in [2.75, 3.05) is 19.7 Å². The first kappa shape index (κ1) is 14.9. The molecule has 110 valence electrons. The molecule has 0 amide bonds. The molecule has 2 rings (SSSR count). The quantitative estimate of drug-likeness (QED) is 0.860. The molecule has 0 bridgehead atoms. The average molecular weight is 278 g/mol. The van der Waals surface area contributed by atoms with E-state index < -0.39 is 5.97 Å². The Balaban J connectivity index is 1.70. The number of hydrogen-bond donors (Lipinski definition) is 1. The van der Waals surface area contributed by atoms with Crippen LogP contribution in [0.25, 0.3) is 0 Å². The van der Waals surface area contributed by atoms with Crippen LogP contribution in [0.1, 0.15) is 30.7 Å². The van der Waals surface area contributed by atoms with Crippen molar-refractivity contribution in [3.05, 3.63) is 29.6 Å². The largest absolute Gasteiger partial charge is 0.481 e. The lowest BCUT2D eigenvalue weighted by atomic mass is 10.1. The van der Waals surface area contributed by atoms with Gasteiger partial charge in [-0.3, -0.25) is 14.7 Å². The Bertz CT molecular complexity index is 442. The van der Waals surface area contributed by atoms with Crippen LogP contribution in [-0.2, 0) is 16.1 Å². The molecule has 1 saturated heterocycles. The molecule has 0 saturated carbocycles. The second kappa shape index (κ2) is 7.36. The number of aliphatic carboxylic acids is 1. The molecule has 2 heterocycles. The molecular formula is C15H22N2O3. The van der Waals surface area contributed by atoms with E-state index in [0.717, 1.165) is 43.9 Å². The zero-order valence-electron chi connectivity index (χ0n) is 11.9. The maximum atomic E-state index is 10.4. The number of aryl methyl sites for hydroxylation is 1. The van der Waals surface area contributed by atoms with Gasteiger partial charge in [-0.05, 0) is 31.9 Å². The monoisotopic (exact) mass is 278 g/mol.